The van der Waals surface area contributed by atoms with Crippen molar-refractivity contribution < 1.29 is 19.7 Å². The lowest BCUT2D eigenvalue weighted by Gasteiger charge is -2.23. The van der Waals surface area contributed by atoms with Crippen molar-refractivity contribution >= 4 is 5.97 Å². The molecule has 4 heteroatoms. The number of carboxylic acids is 1. The van der Waals surface area contributed by atoms with Gasteiger partial charge in [0.05, 0.1) is 6.61 Å². The van der Waals surface area contributed by atoms with Gasteiger partial charge in [0, 0.05) is 18.1 Å². The van der Waals surface area contributed by atoms with Crippen LogP contribution in [0.15, 0.2) is 30.4 Å². The zero-order chi connectivity index (χ0) is 11.5. The van der Waals surface area contributed by atoms with Crippen molar-refractivity contribution in [3.8, 4) is 11.5 Å². The molecule has 0 aromatic heterocycles. The number of aliphatic carboxylic acids is 1. The molecule has 0 saturated carbocycles. The van der Waals surface area contributed by atoms with E-state index in [1.807, 2.05) is 0 Å². The molecule has 0 radical (unpaired) electrons. The van der Waals surface area contributed by atoms with Crippen LogP contribution in [0, 0.1) is 5.92 Å². The van der Waals surface area contributed by atoms with Gasteiger partial charge in [-0.05, 0) is 18.1 Å². The highest BCUT2D eigenvalue weighted by molar-refractivity contribution is 5.79. The number of hydrogen-bond donors (Lipinski definition) is 2. The van der Waals surface area contributed by atoms with E-state index in [1.54, 1.807) is 24.3 Å². The maximum Gasteiger partial charge on any atom is 0.327 e. The molecular formula is C12H12O4. The van der Waals surface area contributed by atoms with Crippen molar-refractivity contribution in [2.45, 2.75) is 6.42 Å². The summed E-state index contributed by atoms with van der Waals surface area (Å²) in [5, 5.41) is 17.8. The Morgan fingerprint density at radius 3 is 3.06 bits per heavy atom. The fraction of sp³-hybridized carbons (Fsp3) is 0.250. The van der Waals surface area contributed by atoms with Gasteiger partial charge in [-0.25, -0.2) is 4.79 Å². The SMILES string of the molecule is O=C(O)/C=C/[C@H]1COc2cc(O)ccc2C1. The second kappa shape index (κ2) is 4.26. The van der Waals surface area contributed by atoms with Crippen molar-refractivity contribution in [3.05, 3.63) is 35.9 Å². The highest BCUT2D eigenvalue weighted by atomic mass is 16.5. The van der Waals surface area contributed by atoms with Crippen LogP contribution in [0.1, 0.15) is 5.56 Å². The van der Waals surface area contributed by atoms with Gasteiger partial charge in [0.2, 0.25) is 0 Å². The molecule has 0 amide bonds. The minimum atomic E-state index is -0.948. The summed E-state index contributed by atoms with van der Waals surface area (Å²) in [5.74, 6) is -0.0112. The Hall–Kier alpha value is -1.97. The van der Waals surface area contributed by atoms with Gasteiger partial charge in [-0.15, -0.1) is 0 Å². The van der Waals surface area contributed by atoms with Gasteiger partial charge >= 0.3 is 5.97 Å². The molecule has 0 fully saturated rings. The van der Waals surface area contributed by atoms with Crippen LogP contribution in [0.2, 0.25) is 0 Å². The maximum atomic E-state index is 10.4. The largest absolute Gasteiger partial charge is 0.508 e. The van der Waals surface area contributed by atoms with E-state index in [0.29, 0.717) is 12.4 Å². The van der Waals surface area contributed by atoms with Crippen molar-refractivity contribution in [2.24, 2.45) is 5.92 Å². The standard InChI is InChI=1S/C12H12O4/c13-10-3-2-9-5-8(1-4-12(14)15)7-16-11(9)6-10/h1-4,6,8,13H,5,7H2,(H,14,15)/b4-1+/t8-/m1/s1. The average molecular weight is 220 g/mol. The van der Waals surface area contributed by atoms with Gasteiger partial charge in [-0.1, -0.05) is 12.1 Å². The molecule has 84 valence electrons. The molecule has 0 spiro atoms. The van der Waals surface area contributed by atoms with Crippen LogP contribution < -0.4 is 4.74 Å². The van der Waals surface area contributed by atoms with Crippen LogP contribution in [-0.4, -0.2) is 22.8 Å². The molecule has 16 heavy (non-hydrogen) atoms. The Kier molecular flexibility index (Phi) is 2.81. The minimum absolute atomic E-state index is 0.0770. The van der Waals surface area contributed by atoms with Crippen LogP contribution in [0.5, 0.6) is 11.5 Å². The van der Waals surface area contributed by atoms with E-state index in [0.717, 1.165) is 18.1 Å². The number of carbonyl (C=O) groups is 1. The summed E-state index contributed by atoms with van der Waals surface area (Å²) in [6, 6.07) is 4.98. The lowest BCUT2D eigenvalue weighted by Crippen LogP contribution is -2.19. The third kappa shape index (κ3) is 2.34. The summed E-state index contributed by atoms with van der Waals surface area (Å²) >= 11 is 0. The first-order valence-electron chi connectivity index (χ1n) is 5.01. The van der Waals surface area contributed by atoms with Crippen LogP contribution in [0.25, 0.3) is 0 Å². The maximum absolute atomic E-state index is 10.4. The molecular weight excluding hydrogens is 208 g/mol. The van der Waals surface area contributed by atoms with Gasteiger partial charge < -0.3 is 14.9 Å². The Bertz CT molecular complexity index is 437. The lowest BCUT2D eigenvalue weighted by molar-refractivity contribution is -0.131. The fourth-order valence-electron chi connectivity index (χ4n) is 1.73. The van der Waals surface area contributed by atoms with Crippen molar-refractivity contribution in [2.75, 3.05) is 6.61 Å². The van der Waals surface area contributed by atoms with E-state index in [2.05, 4.69) is 0 Å². The number of rotatable bonds is 2. The number of phenolic OH excluding ortho intramolecular Hbond substituents is 1. The summed E-state index contributed by atoms with van der Waals surface area (Å²) in [5.41, 5.74) is 0.990. The van der Waals surface area contributed by atoms with E-state index >= 15 is 0 Å². The van der Waals surface area contributed by atoms with Crippen LogP contribution in [-0.2, 0) is 11.2 Å². The van der Waals surface area contributed by atoms with Gasteiger partial charge in [-0.2, -0.15) is 0 Å². The third-order valence-electron chi connectivity index (χ3n) is 2.50. The molecule has 1 heterocycles. The van der Waals surface area contributed by atoms with Gasteiger partial charge in [0.25, 0.3) is 0 Å². The number of carboxylic acid groups (broad SMARTS) is 1. The first-order valence-corrected chi connectivity index (χ1v) is 5.01. The molecule has 1 aliphatic rings. The van der Waals surface area contributed by atoms with Crippen molar-refractivity contribution in [1.29, 1.82) is 0 Å². The topological polar surface area (TPSA) is 66.8 Å². The normalized spacial score (nSPS) is 19.1. The van der Waals surface area contributed by atoms with Gasteiger partial charge in [-0.3, -0.25) is 0 Å². The first kappa shape index (κ1) is 10.5. The molecule has 2 N–H and O–H groups in total. The number of benzene rings is 1. The van der Waals surface area contributed by atoms with Crippen LogP contribution in [0.4, 0.5) is 0 Å². The average Bonchev–Trinajstić information content (AvgIpc) is 2.26. The number of fused-ring (bicyclic) bond motifs is 1. The Balaban J connectivity index is 2.12. The van der Waals surface area contributed by atoms with Crippen molar-refractivity contribution in [3.63, 3.8) is 0 Å². The smallest absolute Gasteiger partial charge is 0.327 e. The van der Waals surface area contributed by atoms with Gasteiger partial charge in [0.1, 0.15) is 11.5 Å². The Labute approximate surface area is 92.8 Å². The van der Waals surface area contributed by atoms with Gasteiger partial charge in [0.15, 0.2) is 0 Å². The summed E-state index contributed by atoms with van der Waals surface area (Å²) in [6.07, 6.45) is 3.51. The summed E-state index contributed by atoms with van der Waals surface area (Å²) < 4.78 is 5.45. The molecule has 0 bridgehead atoms. The van der Waals surface area contributed by atoms with E-state index in [9.17, 15) is 9.90 Å². The number of hydrogen-bond acceptors (Lipinski definition) is 3. The molecule has 2 rings (SSSR count). The lowest BCUT2D eigenvalue weighted by atomic mass is 9.96. The number of phenols is 1. The fourth-order valence-corrected chi connectivity index (χ4v) is 1.73. The molecule has 1 aliphatic heterocycles. The zero-order valence-electron chi connectivity index (χ0n) is 8.59. The van der Waals surface area contributed by atoms with E-state index in [1.165, 1.54) is 0 Å². The predicted octanol–water partition coefficient (Wildman–Crippen LogP) is 1.58. The van der Waals surface area contributed by atoms with Crippen LogP contribution in [0.3, 0.4) is 0 Å². The number of ether oxygens (including phenoxy) is 1. The highest BCUT2D eigenvalue weighted by Gasteiger charge is 2.18. The van der Waals surface area contributed by atoms with E-state index in [4.69, 9.17) is 9.84 Å². The van der Waals surface area contributed by atoms with E-state index in [-0.39, 0.29) is 11.7 Å². The second-order valence-electron chi connectivity index (χ2n) is 3.76. The number of aromatic hydroxyl groups is 1. The van der Waals surface area contributed by atoms with Crippen molar-refractivity contribution in [1.82, 2.24) is 0 Å². The monoisotopic (exact) mass is 220 g/mol. The van der Waals surface area contributed by atoms with E-state index < -0.39 is 5.97 Å². The highest BCUT2D eigenvalue weighted by Crippen LogP contribution is 2.30. The molecule has 1 aromatic rings. The Morgan fingerprint density at radius 2 is 2.31 bits per heavy atom. The summed E-state index contributed by atoms with van der Waals surface area (Å²) in [6.45, 7) is 0.445. The molecule has 0 aliphatic carbocycles. The predicted molar refractivity (Wildman–Crippen MR) is 57.6 cm³/mol. The zero-order valence-corrected chi connectivity index (χ0v) is 8.59. The Morgan fingerprint density at radius 1 is 1.50 bits per heavy atom. The molecule has 1 aromatic carbocycles. The van der Waals surface area contributed by atoms with Crippen LogP contribution >= 0.6 is 0 Å². The second-order valence-corrected chi connectivity index (χ2v) is 3.76. The first-order chi connectivity index (χ1) is 7.65. The third-order valence-corrected chi connectivity index (χ3v) is 2.50. The molecule has 0 unspecified atom stereocenters. The molecule has 1 atom stereocenters. The summed E-state index contributed by atoms with van der Waals surface area (Å²) in [4.78, 5) is 10.4. The minimum Gasteiger partial charge on any atom is -0.508 e. The quantitative estimate of drug-likeness (QED) is 0.742. The molecule has 4 nitrogen and oxygen atoms in total. The summed E-state index contributed by atoms with van der Waals surface area (Å²) in [7, 11) is 0. The molecule has 0 saturated heterocycles.